The lowest BCUT2D eigenvalue weighted by Gasteiger charge is -2.22. The second kappa shape index (κ2) is 6.06. The summed E-state index contributed by atoms with van der Waals surface area (Å²) < 4.78 is 7.63. The molecule has 6 nitrogen and oxygen atoms in total. The van der Waals surface area contributed by atoms with Crippen molar-refractivity contribution in [3.05, 3.63) is 42.4 Å². The van der Waals surface area contributed by atoms with Crippen LogP contribution >= 0.6 is 0 Å². The Morgan fingerprint density at radius 3 is 3.00 bits per heavy atom. The largest absolute Gasteiger partial charge is 0.392 e. The Morgan fingerprint density at radius 1 is 1.22 bits per heavy atom. The van der Waals surface area contributed by atoms with Crippen LogP contribution in [0.4, 0.5) is 0 Å². The number of nitrogens with zero attached hydrogens (tertiary/aromatic N) is 4. The van der Waals surface area contributed by atoms with Crippen LogP contribution in [0, 0.1) is 0 Å². The van der Waals surface area contributed by atoms with Crippen molar-refractivity contribution < 1.29 is 9.84 Å². The molecule has 1 unspecified atom stereocenters. The molecule has 0 spiro atoms. The molecule has 3 aromatic rings. The summed E-state index contributed by atoms with van der Waals surface area (Å²) in [6.07, 6.45) is 8.78. The number of hydrogen-bond acceptors (Lipinski definition) is 5. The predicted octanol–water partition coefficient (Wildman–Crippen LogP) is 2.68. The zero-order valence-corrected chi connectivity index (χ0v) is 12.7. The van der Waals surface area contributed by atoms with Gasteiger partial charge in [-0.25, -0.2) is 9.67 Å². The topological polar surface area (TPSA) is 73.1 Å². The Morgan fingerprint density at radius 2 is 2.17 bits per heavy atom. The minimum absolute atomic E-state index is 0.0283. The zero-order chi connectivity index (χ0) is 15.6. The fraction of sp³-hybridized carbons (Fsp3) is 0.353. The average molecular weight is 310 g/mol. The van der Waals surface area contributed by atoms with E-state index in [0.717, 1.165) is 47.3 Å². The first-order chi connectivity index (χ1) is 11.3. The number of aromatic nitrogens is 4. The van der Waals surface area contributed by atoms with Crippen molar-refractivity contribution in [2.75, 3.05) is 6.61 Å². The maximum absolute atomic E-state index is 9.24. The molecule has 23 heavy (non-hydrogen) atoms. The number of ether oxygens (including phenoxy) is 1. The molecule has 1 N–H and O–H groups in total. The van der Waals surface area contributed by atoms with Crippen LogP contribution in [0.2, 0.25) is 0 Å². The first-order valence-electron chi connectivity index (χ1n) is 7.86. The Balaban J connectivity index is 1.67. The minimum Gasteiger partial charge on any atom is -0.392 e. The molecule has 0 aliphatic carbocycles. The van der Waals surface area contributed by atoms with E-state index in [2.05, 4.69) is 15.1 Å². The van der Waals surface area contributed by atoms with Crippen LogP contribution in [0.5, 0.6) is 0 Å². The molecule has 1 atom stereocenters. The lowest BCUT2D eigenvalue weighted by Crippen LogP contribution is -2.18. The van der Waals surface area contributed by atoms with Crippen LogP contribution in [0.15, 0.2) is 36.8 Å². The van der Waals surface area contributed by atoms with Gasteiger partial charge in [-0.1, -0.05) is 0 Å². The number of hydrogen-bond donors (Lipinski definition) is 1. The van der Waals surface area contributed by atoms with Crippen LogP contribution in [-0.2, 0) is 11.3 Å². The maximum Gasteiger partial charge on any atom is 0.150 e. The Kier molecular flexibility index (Phi) is 3.77. The van der Waals surface area contributed by atoms with Gasteiger partial charge in [-0.2, -0.15) is 5.10 Å². The van der Waals surface area contributed by atoms with E-state index in [4.69, 9.17) is 4.74 Å². The molecule has 4 heterocycles. The van der Waals surface area contributed by atoms with E-state index in [-0.39, 0.29) is 12.8 Å². The molecule has 0 amide bonds. The van der Waals surface area contributed by atoms with Crippen molar-refractivity contribution in [3.63, 3.8) is 0 Å². The summed E-state index contributed by atoms with van der Waals surface area (Å²) in [5, 5.41) is 13.7. The molecule has 1 aliphatic rings. The third kappa shape index (κ3) is 2.83. The standard InChI is InChI=1S/C17H18N4O2/c22-11-12-7-16-15(18-8-12)5-4-14(20-16)13-9-19-21(10-13)17-3-1-2-6-23-17/h4-5,7-10,17,22H,1-3,6,11H2. The van der Waals surface area contributed by atoms with E-state index >= 15 is 0 Å². The summed E-state index contributed by atoms with van der Waals surface area (Å²) in [4.78, 5) is 8.95. The normalized spacial score (nSPS) is 18.4. The highest BCUT2D eigenvalue weighted by molar-refractivity contribution is 5.78. The van der Waals surface area contributed by atoms with Gasteiger partial charge in [-0.3, -0.25) is 4.98 Å². The first-order valence-corrected chi connectivity index (χ1v) is 7.86. The van der Waals surface area contributed by atoms with Crippen LogP contribution < -0.4 is 0 Å². The number of rotatable bonds is 3. The molecule has 0 radical (unpaired) electrons. The minimum atomic E-state index is -0.0359. The molecular weight excluding hydrogens is 292 g/mol. The highest BCUT2D eigenvalue weighted by Gasteiger charge is 2.17. The molecule has 0 bridgehead atoms. The lowest BCUT2D eigenvalue weighted by atomic mass is 10.2. The SMILES string of the molecule is OCc1cnc2ccc(-c3cnn(C4CCCCO4)c3)nc2c1. The van der Waals surface area contributed by atoms with Crippen LogP contribution in [0.1, 0.15) is 31.1 Å². The summed E-state index contributed by atoms with van der Waals surface area (Å²) in [6.45, 7) is 0.759. The zero-order valence-electron chi connectivity index (χ0n) is 12.7. The van der Waals surface area contributed by atoms with Gasteiger partial charge in [0.05, 0.1) is 29.5 Å². The molecule has 118 valence electrons. The Hall–Kier alpha value is -2.31. The maximum atomic E-state index is 9.24. The second-order valence-corrected chi connectivity index (χ2v) is 5.77. The van der Waals surface area contributed by atoms with Crippen LogP contribution in [-0.4, -0.2) is 31.5 Å². The summed E-state index contributed by atoms with van der Waals surface area (Å²) >= 11 is 0. The van der Waals surface area contributed by atoms with Gasteiger partial charge in [-0.05, 0) is 43.0 Å². The molecule has 1 fully saturated rings. The monoisotopic (exact) mass is 310 g/mol. The van der Waals surface area contributed by atoms with Gasteiger partial charge in [0.15, 0.2) is 0 Å². The van der Waals surface area contributed by atoms with E-state index in [1.165, 1.54) is 6.42 Å². The van der Waals surface area contributed by atoms with E-state index in [9.17, 15) is 5.11 Å². The Labute approximate surface area is 133 Å². The van der Waals surface area contributed by atoms with Crippen molar-refractivity contribution in [2.24, 2.45) is 0 Å². The number of aliphatic hydroxyl groups excluding tert-OH is 1. The molecule has 6 heteroatoms. The van der Waals surface area contributed by atoms with Gasteiger partial charge in [-0.15, -0.1) is 0 Å². The van der Waals surface area contributed by atoms with Crippen molar-refractivity contribution in [3.8, 4) is 11.3 Å². The molecule has 0 saturated carbocycles. The molecular formula is C17H18N4O2. The molecule has 4 rings (SSSR count). The smallest absolute Gasteiger partial charge is 0.150 e. The molecule has 1 aliphatic heterocycles. The van der Waals surface area contributed by atoms with Gasteiger partial charge in [0.25, 0.3) is 0 Å². The second-order valence-electron chi connectivity index (χ2n) is 5.77. The highest BCUT2D eigenvalue weighted by Crippen LogP contribution is 2.25. The van der Waals surface area contributed by atoms with Crippen molar-refractivity contribution >= 4 is 11.0 Å². The van der Waals surface area contributed by atoms with Crippen LogP contribution in [0.3, 0.4) is 0 Å². The lowest BCUT2D eigenvalue weighted by molar-refractivity contribution is -0.0394. The number of aliphatic hydroxyl groups is 1. The molecule has 1 saturated heterocycles. The van der Waals surface area contributed by atoms with Gasteiger partial charge < -0.3 is 9.84 Å². The fourth-order valence-electron chi connectivity index (χ4n) is 2.86. The van der Waals surface area contributed by atoms with Gasteiger partial charge >= 0.3 is 0 Å². The molecule has 0 aromatic carbocycles. The van der Waals surface area contributed by atoms with Crippen molar-refractivity contribution in [1.29, 1.82) is 0 Å². The van der Waals surface area contributed by atoms with Crippen molar-refractivity contribution in [1.82, 2.24) is 19.7 Å². The third-order valence-corrected chi connectivity index (χ3v) is 4.12. The van der Waals surface area contributed by atoms with E-state index < -0.39 is 0 Å². The summed E-state index contributed by atoms with van der Waals surface area (Å²) in [6, 6.07) is 5.74. The number of pyridine rings is 2. The first kappa shape index (κ1) is 14.3. The summed E-state index contributed by atoms with van der Waals surface area (Å²) in [5.41, 5.74) is 4.14. The number of fused-ring (bicyclic) bond motifs is 1. The van der Waals surface area contributed by atoms with Crippen LogP contribution in [0.25, 0.3) is 22.3 Å². The highest BCUT2D eigenvalue weighted by atomic mass is 16.5. The Bertz CT molecular complexity index is 824. The van der Waals surface area contributed by atoms with Gasteiger partial charge in [0.1, 0.15) is 6.23 Å². The van der Waals surface area contributed by atoms with Crippen molar-refractivity contribution in [2.45, 2.75) is 32.1 Å². The average Bonchev–Trinajstić information content (AvgIpc) is 3.11. The van der Waals surface area contributed by atoms with E-state index in [1.807, 2.05) is 35.3 Å². The van der Waals surface area contributed by atoms with E-state index in [1.54, 1.807) is 6.20 Å². The van der Waals surface area contributed by atoms with E-state index in [0.29, 0.717) is 0 Å². The summed E-state index contributed by atoms with van der Waals surface area (Å²) in [7, 11) is 0. The summed E-state index contributed by atoms with van der Waals surface area (Å²) in [5.74, 6) is 0. The quantitative estimate of drug-likeness (QED) is 0.805. The third-order valence-electron chi connectivity index (χ3n) is 4.12. The van der Waals surface area contributed by atoms with Gasteiger partial charge in [0.2, 0.25) is 0 Å². The fourth-order valence-corrected chi connectivity index (χ4v) is 2.86. The van der Waals surface area contributed by atoms with Gasteiger partial charge in [0, 0.05) is 24.6 Å². The molecule has 3 aromatic heterocycles. The predicted molar refractivity (Wildman–Crippen MR) is 85.5 cm³/mol.